The highest BCUT2D eigenvalue weighted by Gasteiger charge is 2.22. The average molecular weight is 335 g/mol. The summed E-state index contributed by atoms with van der Waals surface area (Å²) in [6.45, 7) is 4.42. The number of carbonyl (C=O) groups is 1. The number of hydrogen-bond acceptors (Lipinski definition) is 3. The van der Waals surface area contributed by atoms with Crippen LogP contribution in [0.2, 0.25) is 0 Å². The van der Waals surface area contributed by atoms with Crippen LogP contribution in [0.4, 0.5) is 0 Å². The van der Waals surface area contributed by atoms with Crippen LogP contribution < -0.4 is 10.6 Å². The first-order chi connectivity index (χ1) is 10.8. The highest BCUT2D eigenvalue weighted by molar-refractivity contribution is 5.94. The van der Waals surface area contributed by atoms with Gasteiger partial charge in [-0.2, -0.15) is 5.10 Å². The minimum absolute atomic E-state index is 0. The molecule has 1 unspecified atom stereocenters. The maximum atomic E-state index is 12.4. The van der Waals surface area contributed by atoms with Gasteiger partial charge in [-0.25, -0.2) is 0 Å². The zero-order valence-corrected chi connectivity index (χ0v) is 14.1. The Morgan fingerprint density at radius 1 is 1.35 bits per heavy atom. The van der Waals surface area contributed by atoms with Crippen LogP contribution in [0.25, 0.3) is 0 Å². The summed E-state index contributed by atoms with van der Waals surface area (Å²) in [4.78, 5) is 12.4. The van der Waals surface area contributed by atoms with Gasteiger partial charge in [-0.3, -0.25) is 9.89 Å². The Morgan fingerprint density at radius 3 is 2.87 bits per heavy atom. The van der Waals surface area contributed by atoms with Crippen molar-refractivity contribution in [1.82, 2.24) is 20.8 Å². The quantitative estimate of drug-likeness (QED) is 0.786. The lowest BCUT2D eigenvalue weighted by Gasteiger charge is -2.17. The van der Waals surface area contributed by atoms with Crippen molar-refractivity contribution in [2.24, 2.45) is 0 Å². The van der Waals surface area contributed by atoms with Gasteiger partial charge in [-0.1, -0.05) is 37.3 Å². The summed E-state index contributed by atoms with van der Waals surface area (Å²) in [5.74, 6) is 0.244. The van der Waals surface area contributed by atoms with Gasteiger partial charge >= 0.3 is 0 Å². The van der Waals surface area contributed by atoms with E-state index in [-0.39, 0.29) is 18.3 Å². The molecule has 0 saturated heterocycles. The maximum absolute atomic E-state index is 12.4. The molecule has 23 heavy (non-hydrogen) atoms. The predicted octanol–water partition coefficient (Wildman–Crippen LogP) is 2.40. The van der Waals surface area contributed by atoms with E-state index in [2.05, 4.69) is 39.9 Å². The van der Waals surface area contributed by atoms with Crippen molar-refractivity contribution in [2.45, 2.75) is 32.2 Å². The van der Waals surface area contributed by atoms with Crippen LogP contribution in [0, 0.1) is 0 Å². The Balaban J connectivity index is 0.00000192. The fraction of sp³-hybridized carbons (Fsp3) is 0.412. The standard InChI is InChI=1S/C17H22N4O.ClH/c1-2-12(13-6-4-3-5-7-13)10-19-17(22)16-14-11-18-9-8-15(14)20-21-16;/h3-7,12,18H,2,8-11H2,1H3,(H,19,22)(H,20,21);1H. The van der Waals surface area contributed by atoms with Gasteiger partial charge in [0.15, 0.2) is 5.69 Å². The van der Waals surface area contributed by atoms with Gasteiger partial charge in [0.25, 0.3) is 5.91 Å². The molecule has 1 amide bonds. The number of benzene rings is 1. The van der Waals surface area contributed by atoms with E-state index in [1.54, 1.807) is 0 Å². The van der Waals surface area contributed by atoms with Crippen LogP contribution in [0.15, 0.2) is 30.3 Å². The Hall–Kier alpha value is -1.85. The number of aromatic nitrogens is 2. The van der Waals surface area contributed by atoms with Crippen LogP contribution in [0.5, 0.6) is 0 Å². The van der Waals surface area contributed by atoms with Crippen molar-refractivity contribution < 1.29 is 4.79 Å². The molecule has 5 nitrogen and oxygen atoms in total. The molecule has 2 heterocycles. The number of hydrogen-bond donors (Lipinski definition) is 3. The first-order valence-electron chi connectivity index (χ1n) is 7.89. The summed E-state index contributed by atoms with van der Waals surface area (Å²) in [6, 6.07) is 10.3. The summed E-state index contributed by atoms with van der Waals surface area (Å²) >= 11 is 0. The van der Waals surface area contributed by atoms with Gasteiger partial charge in [0.1, 0.15) is 0 Å². The van der Waals surface area contributed by atoms with Crippen molar-refractivity contribution in [2.75, 3.05) is 13.1 Å². The van der Waals surface area contributed by atoms with E-state index in [0.29, 0.717) is 24.7 Å². The number of H-pyrrole nitrogens is 1. The zero-order valence-electron chi connectivity index (χ0n) is 13.3. The van der Waals surface area contributed by atoms with Crippen molar-refractivity contribution >= 4 is 18.3 Å². The van der Waals surface area contributed by atoms with E-state index >= 15 is 0 Å². The molecule has 0 aliphatic carbocycles. The van der Waals surface area contributed by atoms with Gasteiger partial charge in [0.2, 0.25) is 0 Å². The van der Waals surface area contributed by atoms with Gasteiger partial charge in [0.05, 0.1) is 0 Å². The Morgan fingerprint density at radius 2 is 2.13 bits per heavy atom. The summed E-state index contributed by atoms with van der Waals surface area (Å²) in [7, 11) is 0. The molecule has 0 bridgehead atoms. The number of carbonyl (C=O) groups excluding carboxylic acids is 1. The van der Waals surface area contributed by atoms with E-state index < -0.39 is 0 Å². The molecule has 0 saturated carbocycles. The van der Waals surface area contributed by atoms with E-state index in [1.165, 1.54) is 5.56 Å². The molecule has 3 N–H and O–H groups in total. The number of nitrogens with zero attached hydrogens (tertiary/aromatic N) is 1. The first-order valence-corrected chi connectivity index (χ1v) is 7.89. The molecule has 2 aromatic rings. The van der Waals surface area contributed by atoms with Crippen LogP contribution in [-0.4, -0.2) is 29.2 Å². The van der Waals surface area contributed by atoms with E-state index in [1.807, 2.05) is 18.2 Å². The summed E-state index contributed by atoms with van der Waals surface area (Å²) in [5, 5.41) is 13.5. The molecule has 1 aliphatic rings. The molecule has 1 atom stereocenters. The van der Waals surface area contributed by atoms with Crippen molar-refractivity contribution in [3.05, 3.63) is 52.8 Å². The second-order valence-electron chi connectivity index (χ2n) is 5.68. The number of amides is 1. The molecular formula is C17H23ClN4O. The number of rotatable bonds is 5. The maximum Gasteiger partial charge on any atom is 0.272 e. The van der Waals surface area contributed by atoms with Crippen LogP contribution in [-0.2, 0) is 13.0 Å². The van der Waals surface area contributed by atoms with Crippen molar-refractivity contribution in [3.63, 3.8) is 0 Å². The lowest BCUT2D eigenvalue weighted by atomic mass is 9.96. The molecule has 0 spiro atoms. The zero-order chi connectivity index (χ0) is 15.4. The topological polar surface area (TPSA) is 69.8 Å². The molecule has 0 fully saturated rings. The fourth-order valence-electron chi connectivity index (χ4n) is 2.94. The van der Waals surface area contributed by atoms with Crippen LogP contribution >= 0.6 is 12.4 Å². The molecule has 124 valence electrons. The molecule has 1 aromatic carbocycles. The molecule has 0 radical (unpaired) electrons. The Labute approximate surface area is 142 Å². The lowest BCUT2D eigenvalue weighted by molar-refractivity contribution is 0.0944. The average Bonchev–Trinajstić information content (AvgIpc) is 3.00. The minimum Gasteiger partial charge on any atom is -0.350 e. The van der Waals surface area contributed by atoms with Gasteiger partial charge in [-0.05, 0) is 12.0 Å². The second kappa shape index (κ2) is 8.13. The second-order valence-corrected chi connectivity index (χ2v) is 5.68. The molecule has 1 aliphatic heterocycles. The molecule has 3 rings (SSSR count). The number of halogens is 1. The van der Waals surface area contributed by atoms with Crippen molar-refractivity contribution in [3.8, 4) is 0 Å². The monoisotopic (exact) mass is 334 g/mol. The predicted molar refractivity (Wildman–Crippen MR) is 93.1 cm³/mol. The van der Waals surface area contributed by atoms with Crippen LogP contribution in [0.3, 0.4) is 0 Å². The third-order valence-corrected chi connectivity index (χ3v) is 4.29. The van der Waals surface area contributed by atoms with Crippen LogP contribution in [0.1, 0.15) is 46.6 Å². The van der Waals surface area contributed by atoms with Gasteiger partial charge < -0.3 is 10.6 Å². The van der Waals surface area contributed by atoms with Gasteiger partial charge in [0, 0.05) is 43.2 Å². The molecule has 6 heteroatoms. The number of aromatic amines is 1. The first kappa shape index (κ1) is 17.5. The largest absolute Gasteiger partial charge is 0.350 e. The highest BCUT2D eigenvalue weighted by Crippen LogP contribution is 2.19. The third kappa shape index (κ3) is 3.92. The van der Waals surface area contributed by atoms with Gasteiger partial charge in [-0.15, -0.1) is 12.4 Å². The fourth-order valence-corrected chi connectivity index (χ4v) is 2.94. The normalized spacial score (nSPS) is 14.5. The Bertz CT molecular complexity index is 641. The third-order valence-electron chi connectivity index (χ3n) is 4.29. The van der Waals surface area contributed by atoms with E-state index in [0.717, 1.165) is 30.6 Å². The summed E-state index contributed by atoms with van der Waals surface area (Å²) < 4.78 is 0. The summed E-state index contributed by atoms with van der Waals surface area (Å²) in [5.41, 5.74) is 3.89. The molecule has 1 aromatic heterocycles. The lowest BCUT2D eigenvalue weighted by Crippen LogP contribution is -2.31. The highest BCUT2D eigenvalue weighted by atomic mass is 35.5. The SMILES string of the molecule is CCC(CNC(=O)c1n[nH]c2c1CNCC2)c1ccccc1.Cl. The van der Waals surface area contributed by atoms with E-state index in [9.17, 15) is 4.79 Å². The molecular weight excluding hydrogens is 312 g/mol. The number of nitrogens with one attached hydrogen (secondary N) is 3. The van der Waals surface area contributed by atoms with E-state index in [4.69, 9.17) is 0 Å². The Kier molecular flexibility index (Phi) is 6.19. The smallest absolute Gasteiger partial charge is 0.272 e. The number of fused-ring (bicyclic) bond motifs is 1. The summed E-state index contributed by atoms with van der Waals surface area (Å²) in [6.07, 6.45) is 1.89. The van der Waals surface area contributed by atoms with Crippen molar-refractivity contribution in [1.29, 1.82) is 0 Å². The minimum atomic E-state index is -0.0874.